The summed E-state index contributed by atoms with van der Waals surface area (Å²) in [7, 11) is 0. The fourth-order valence-electron chi connectivity index (χ4n) is 2.50. The molecule has 1 aromatic carbocycles. The van der Waals surface area contributed by atoms with E-state index in [1.54, 1.807) is 0 Å². The van der Waals surface area contributed by atoms with Crippen LogP contribution in [0.4, 0.5) is 0 Å². The van der Waals surface area contributed by atoms with Crippen molar-refractivity contribution in [3.63, 3.8) is 0 Å². The highest BCUT2D eigenvalue weighted by molar-refractivity contribution is 5.18. The molecule has 1 atom stereocenters. The standard InChI is InChI=1S/C15H20N2/c16-13-15(12-14-8-4-3-5-9-14)17-10-6-1-2-7-11-17/h3-5,8-9,15H,1-2,6-7,10-12H2. The molecule has 0 aliphatic carbocycles. The highest BCUT2D eigenvalue weighted by Crippen LogP contribution is 2.15. The van der Waals surface area contributed by atoms with Crippen molar-refractivity contribution in [2.45, 2.75) is 38.1 Å². The van der Waals surface area contributed by atoms with Crippen molar-refractivity contribution < 1.29 is 0 Å². The number of likely N-dealkylation sites (tertiary alicyclic amines) is 1. The van der Waals surface area contributed by atoms with Gasteiger partial charge in [0, 0.05) is 6.42 Å². The molecule has 0 aromatic heterocycles. The van der Waals surface area contributed by atoms with Crippen molar-refractivity contribution in [2.24, 2.45) is 0 Å². The van der Waals surface area contributed by atoms with Crippen molar-refractivity contribution >= 4 is 0 Å². The maximum Gasteiger partial charge on any atom is 0.102 e. The van der Waals surface area contributed by atoms with Gasteiger partial charge >= 0.3 is 0 Å². The second-order valence-corrected chi connectivity index (χ2v) is 4.78. The van der Waals surface area contributed by atoms with E-state index < -0.39 is 0 Å². The molecule has 90 valence electrons. The molecule has 0 bridgehead atoms. The maximum atomic E-state index is 9.34. The lowest BCUT2D eigenvalue weighted by atomic mass is 10.1. The molecule has 1 aliphatic heterocycles. The molecular formula is C15H20N2. The Morgan fingerprint density at radius 3 is 2.29 bits per heavy atom. The Labute approximate surface area is 104 Å². The first-order chi connectivity index (χ1) is 8.40. The molecule has 1 fully saturated rings. The van der Waals surface area contributed by atoms with Gasteiger partial charge in [-0.3, -0.25) is 4.90 Å². The van der Waals surface area contributed by atoms with Crippen molar-refractivity contribution in [1.82, 2.24) is 4.90 Å². The minimum absolute atomic E-state index is 0.0514. The smallest absolute Gasteiger partial charge is 0.102 e. The van der Waals surface area contributed by atoms with Gasteiger partial charge in [0.25, 0.3) is 0 Å². The Bertz CT molecular complexity index is 358. The van der Waals surface area contributed by atoms with Crippen LogP contribution in [0.3, 0.4) is 0 Å². The van der Waals surface area contributed by atoms with Crippen molar-refractivity contribution in [2.75, 3.05) is 13.1 Å². The molecule has 0 spiro atoms. The molecule has 0 N–H and O–H groups in total. The van der Waals surface area contributed by atoms with E-state index in [-0.39, 0.29) is 6.04 Å². The van der Waals surface area contributed by atoms with Crippen LogP contribution in [0.2, 0.25) is 0 Å². The van der Waals surface area contributed by atoms with Gasteiger partial charge in [0.1, 0.15) is 6.04 Å². The molecule has 0 amide bonds. The summed E-state index contributed by atoms with van der Waals surface area (Å²) < 4.78 is 0. The highest BCUT2D eigenvalue weighted by atomic mass is 15.1. The normalized spacial score (nSPS) is 19.2. The monoisotopic (exact) mass is 228 g/mol. The Morgan fingerprint density at radius 2 is 1.71 bits per heavy atom. The van der Waals surface area contributed by atoms with E-state index in [0.717, 1.165) is 19.5 Å². The average molecular weight is 228 g/mol. The molecule has 2 rings (SSSR count). The number of hydrogen-bond donors (Lipinski definition) is 0. The lowest BCUT2D eigenvalue weighted by Crippen LogP contribution is -2.36. The van der Waals surface area contributed by atoms with Gasteiger partial charge in [-0.1, -0.05) is 43.2 Å². The van der Waals surface area contributed by atoms with Crippen LogP contribution in [-0.4, -0.2) is 24.0 Å². The van der Waals surface area contributed by atoms with Crippen LogP contribution in [0.15, 0.2) is 30.3 Å². The number of nitrogens with zero attached hydrogens (tertiary/aromatic N) is 2. The minimum Gasteiger partial charge on any atom is -0.288 e. The van der Waals surface area contributed by atoms with Gasteiger partial charge < -0.3 is 0 Å². The largest absolute Gasteiger partial charge is 0.288 e. The van der Waals surface area contributed by atoms with Crippen molar-refractivity contribution in [3.8, 4) is 6.07 Å². The third kappa shape index (κ3) is 3.57. The van der Waals surface area contributed by atoms with Gasteiger partial charge in [-0.2, -0.15) is 5.26 Å². The molecule has 1 heterocycles. The molecule has 17 heavy (non-hydrogen) atoms. The van der Waals surface area contributed by atoms with Crippen LogP contribution in [0, 0.1) is 11.3 Å². The third-order valence-electron chi connectivity index (χ3n) is 3.50. The maximum absolute atomic E-state index is 9.34. The van der Waals surface area contributed by atoms with Crippen molar-refractivity contribution in [3.05, 3.63) is 35.9 Å². The zero-order valence-electron chi connectivity index (χ0n) is 10.3. The predicted octanol–water partition coefficient (Wildman–Crippen LogP) is 3.00. The van der Waals surface area contributed by atoms with Crippen LogP contribution < -0.4 is 0 Å². The van der Waals surface area contributed by atoms with E-state index in [4.69, 9.17) is 0 Å². The summed E-state index contributed by atoms with van der Waals surface area (Å²) in [6.45, 7) is 2.18. The molecule has 1 aromatic rings. The fourth-order valence-corrected chi connectivity index (χ4v) is 2.50. The first-order valence-corrected chi connectivity index (χ1v) is 6.58. The van der Waals surface area contributed by atoms with E-state index in [2.05, 4.69) is 23.1 Å². The predicted molar refractivity (Wildman–Crippen MR) is 69.6 cm³/mol. The summed E-state index contributed by atoms with van der Waals surface area (Å²) in [4.78, 5) is 2.36. The number of benzene rings is 1. The summed E-state index contributed by atoms with van der Waals surface area (Å²) >= 11 is 0. The molecule has 1 unspecified atom stereocenters. The summed E-state index contributed by atoms with van der Waals surface area (Å²) in [5, 5.41) is 9.34. The minimum atomic E-state index is 0.0514. The molecule has 1 saturated heterocycles. The van der Waals surface area contributed by atoms with Gasteiger partial charge in [-0.15, -0.1) is 0 Å². The van der Waals surface area contributed by atoms with Crippen LogP contribution in [0.1, 0.15) is 31.2 Å². The highest BCUT2D eigenvalue weighted by Gasteiger charge is 2.19. The molecule has 1 aliphatic rings. The second kappa shape index (κ2) is 6.42. The van der Waals surface area contributed by atoms with Crippen LogP contribution >= 0.6 is 0 Å². The Balaban J connectivity index is 1.98. The van der Waals surface area contributed by atoms with Crippen LogP contribution in [0.25, 0.3) is 0 Å². The Kier molecular flexibility index (Phi) is 4.58. The number of nitriles is 1. The summed E-state index contributed by atoms with van der Waals surface area (Å²) in [5.74, 6) is 0. The third-order valence-corrected chi connectivity index (χ3v) is 3.50. The Morgan fingerprint density at radius 1 is 1.06 bits per heavy atom. The topological polar surface area (TPSA) is 27.0 Å². The van der Waals surface area contributed by atoms with Crippen LogP contribution in [-0.2, 0) is 6.42 Å². The van der Waals surface area contributed by atoms with Gasteiger partial charge in [-0.25, -0.2) is 0 Å². The zero-order valence-corrected chi connectivity index (χ0v) is 10.3. The molecule has 0 saturated carbocycles. The van der Waals surface area contributed by atoms with Gasteiger partial charge in [0.2, 0.25) is 0 Å². The lowest BCUT2D eigenvalue weighted by Gasteiger charge is -2.25. The first kappa shape index (κ1) is 12.1. The van der Waals surface area contributed by atoms with E-state index >= 15 is 0 Å². The summed E-state index contributed by atoms with van der Waals surface area (Å²) in [6, 6.07) is 12.9. The van der Waals surface area contributed by atoms with Gasteiger partial charge in [0.05, 0.1) is 6.07 Å². The lowest BCUT2D eigenvalue weighted by molar-refractivity contribution is 0.242. The van der Waals surface area contributed by atoms with Crippen LogP contribution in [0.5, 0.6) is 0 Å². The SMILES string of the molecule is N#CC(Cc1ccccc1)N1CCCCCC1. The van der Waals surface area contributed by atoms with E-state index in [0.29, 0.717) is 0 Å². The zero-order chi connectivity index (χ0) is 11.9. The fraction of sp³-hybridized carbons (Fsp3) is 0.533. The van der Waals surface area contributed by atoms with Gasteiger partial charge in [-0.05, 0) is 31.5 Å². The molecule has 2 heteroatoms. The van der Waals surface area contributed by atoms with Crippen molar-refractivity contribution in [1.29, 1.82) is 5.26 Å². The van der Waals surface area contributed by atoms with Gasteiger partial charge in [0.15, 0.2) is 0 Å². The van der Waals surface area contributed by atoms with E-state index in [1.165, 1.54) is 31.2 Å². The van der Waals surface area contributed by atoms with E-state index in [1.807, 2.05) is 18.2 Å². The summed E-state index contributed by atoms with van der Waals surface area (Å²) in [5.41, 5.74) is 1.27. The quantitative estimate of drug-likeness (QED) is 0.795. The number of hydrogen-bond acceptors (Lipinski definition) is 2. The molecular weight excluding hydrogens is 208 g/mol. The molecule has 0 radical (unpaired) electrons. The molecule has 2 nitrogen and oxygen atoms in total. The summed E-state index contributed by atoms with van der Waals surface area (Å²) in [6.07, 6.45) is 5.98. The number of rotatable bonds is 3. The second-order valence-electron chi connectivity index (χ2n) is 4.78. The first-order valence-electron chi connectivity index (χ1n) is 6.58. The van der Waals surface area contributed by atoms with E-state index in [9.17, 15) is 5.26 Å². The Hall–Kier alpha value is -1.33. The average Bonchev–Trinajstić information content (AvgIpc) is 2.66.